The minimum absolute atomic E-state index is 0.135. The quantitative estimate of drug-likeness (QED) is 0.869. The third kappa shape index (κ3) is 2.45. The van der Waals surface area contributed by atoms with Crippen LogP contribution in [0.3, 0.4) is 0 Å². The molecule has 0 spiro atoms. The van der Waals surface area contributed by atoms with Crippen LogP contribution in [-0.4, -0.2) is 21.7 Å². The Hall–Kier alpha value is -1.75. The van der Waals surface area contributed by atoms with Crippen molar-refractivity contribution in [3.8, 4) is 11.4 Å². The maximum atomic E-state index is 6.05. The third-order valence-electron chi connectivity index (χ3n) is 4.25. The molecule has 0 saturated heterocycles. The Kier molecular flexibility index (Phi) is 3.78. The lowest BCUT2D eigenvalue weighted by Crippen LogP contribution is -2.35. The molecule has 5 heteroatoms. The van der Waals surface area contributed by atoms with Crippen LogP contribution in [0, 0.1) is 0 Å². The van der Waals surface area contributed by atoms with E-state index in [1.165, 1.54) is 25.7 Å². The monoisotopic (exact) mass is 272 g/mol. The van der Waals surface area contributed by atoms with E-state index in [0.29, 0.717) is 18.3 Å². The minimum Gasteiger partial charge on any atom is -0.338 e. The molecule has 1 aliphatic rings. The first kappa shape index (κ1) is 13.2. The SMILES string of the molecule is NCC1(c2nc(-c3cccnc3)no2)CCCCCC1. The molecule has 2 heterocycles. The lowest BCUT2D eigenvalue weighted by molar-refractivity contribution is 0.257. The zero-order chi connectivity index (χ0) is 13.8. The summed E-state index contributed by atoms with van der Waals surface area (Å²) >= 11 is 0. The van der Waals surface area contributed by atoms with Crippen LogP contribution >= 0.6 is 0 Å². The molecular formula is C15H20N4O. The van der Waals surface area contributed by atoms with Crippen molar-refractivity contribution in [2.75, 3.05) is 6.54 Å². The number of hydrogen-bond donors (Lipinski definition) is 1. The number of hydrogen-bond acceptors (Lipinski definition) is 5. The van der Waals surface area contributed by atoms with Gasteiger partial charge < -0.3 is 10.3 Å². The molecule has 1 fully saturated rings. The van der Waals surface area contributed by atoms with Crippen molar-refractivity contribution in [2.24, 2.45) is 5.73 Å². The first-order chi connectivity index (χ1) is 9.84. The van der Waals surface area contributed by atoms with Crippen LogP contribution < -0.4 is 5.73 Å². The first-order valence-corrected chi connectivity index (χ1v) is 7.29. The van der Waals surface area contributed by atoms with E-state index in [1.54, 1.807) is 12.4 Å². The second-order valence-electron chi connectivity index (χ2n) is 5.56. The molecule has 0 atom stereocenters. The molecule has 2 aromatic heterocycles. The predicted molar refractivity (Wildman–Crippen MR) is 76.0 cm³/mol. The van der Waals surface area contributed by atoms with Gasteiger partial charge in [0.15, 0.2) is 0 Å². The Morgan fingerprint density at radius 1 is 1.20 bits per heavy atom. The van der Waals surface area contributed by atoms with E-state index in [2.05, 4.69) is 15.1 Å². The molecule has 0 bridgehead atoms. The second kappa shape index (κ2) is 5.71. The molecular weight excluding hydrogens is 252 g/mol. The van der Waals surface area contributed by atoms with Crippen LogP contribution in [0.25, 0.3) is 11.4 Å². The third-order valence-corrected chi connectivity index (χ3v) is 4.25. The fourth-order valence-electron chi connectivity index (χ4n) is 2.96. The van der Waals surface area contributed by atoms with Crippen LogP contribution in [0.2, 0.25) is 0 Å². The Morgan fingerprint density at radius 2 is 2.00 bits per heavy atom. The zero-order valence-electron chi connectivity index (χ0n) is 11.6. The van der Waals surface area contributed by atoms with E-state index >= 15 is 0 Å². The van der Waals surface area contributed by atoms with E-state index < -0.39 is 0 Å². The first-order valence-electron chi connectivity index (χ1n) is 7.29. The van der Waals surface area contributed by atoms with Gasteiger partial charge in [0.1, 0.15) is 0 Å². The van der Waals surface area contributed by atoms with Crippen molar-refractivity contribution in [1.82, 2.24) is 15.1 Å². The van der Waals surface area contributed by atoms with Crippen LogP contribution in [0.5, 0.6) is 0 Å². The maximum Gasteiger partial charge on any atom is 0.234 e. The maximum absolute atomic E-state index is 6.05. The van der Waals surface area contributed by atoms with Crippen LogP contribution in [0.4, 0.5) is 0 Å². The van der Waals surface area contributed by atoms with Crippen LogP contribution in [-0.2, 0) is 5.41 Å². The van der Waals surface area contributed by atoms with Crippen LogP contribution in [0.15, 0.2) is 29.0 Å². The largest absolute Gasteiger partial charge is 0.338 e. The molecule has 3 rings (SSSR count). The Balaban J connectivity index is 1.91. The summed E-state index contributed by atoms with van der Waals surface area (Å²) < 4.78 is 5.54. The average molecular weight is 272 g/mol. The fraction of sp³-hybridized carbons (Fsp3) is 0.533. The molecule has 5 nitrogen and oxygen atoms in total. The Labute approximate surface area is 118 Å². The molecule has 106 valence electrons. The number of nitrogens with two attached hydrogens (primary N) is 1. The highest BCUT2D eigenvalue weighted by Crippen LogP contribution is 2.37. The van der Waals surface area contributed by atoms with Crippen molar-refractivity contribution in [2.45, 2.75) is 43.9 Å². The van der Waals surface area contributed by atoms with Gasteiger partial charge in [-0.05, 0) is 25.0 Å². The average Bonchev–Trinajstić information content (AvgIpc) is 2.88. The van der Waals surface area contributed by atoms with Crippen molar-refractivity contribution in [3.05, 3.63) is 30.4 Å². The predicted octanol–water partition coefficient (Wildman–Crippen LogP) is 2.68. The summed E-state index contributed by atoms with van der Waals surface area (Å²) in [6, 6.07) is 3.81. The zero-order valence-corrected chi connectivity index (χ0v) is 11.6. The van der Waals surface area contributed by atoms with Gasteiger partial charge in [-0.2, -0.15) is 4.98 Å². The summed E-state index contributed by atoms with van der Waals surface area (Å²) in [7, 11) is 0. The second-order valence-corrected chi connectivity index (χ2v) is 5.56. The molecule has 0 unspecified atom stereocenters. The number of nitrogens with zero attached hydrogens (tertiary/aromatic N) is 3. The van der Waals surface area contributed by atoms with Gasteiger partial charge >= 0.3 is 0 Å². The van der Waals surface area contributed by atoms with Gasteiger partial charge in [-0.1, -0.05) is 30.8 Å². The van der Waals surface area contributed by atoms with E-state index in [1.807, 2.05) is 12.1 Å². The summed E-state index contributed by atoms with van der Waals surface area (Å²) in [4.78, 5) is 8.68. The smallest absolute Gasteiger partial charge is 0.234 e. The van der Waals surface area contributed by atoms with Gasteiger partial charge in [0.25, 0.3) is 0 Å². The summed E-state index contributed by atoms with van der Waals surface area (Å²) in [5.74, 6) is 1.30. The molecule has 0 radical (unpaired) electrons. The molecule has 2 aromatic rings. The molecule has 1 saturated carbocycles. The summed E-state index contributed by atoms with van der Waals surface area (Å²) in [6.07, 6.45) is 10.5. The fourth-order valence-corrected chi connectivity index (χ4v) is 2.96. The molecule has 0 aromatic carbocycles. The van der Waals surface area contributed by atoms with Crippen LogP contribution in [0.1, 0.15) is 44.4 Å². The number of pyridine rings is 1. The molecule has 20 heavy (non-hydrogen) atoms. The summed E-state index contributed by atoms with van der Waals surface area (Å²) in [5.41, 5.74) is 6.79. The van der Waals surface area contributed by atoms with Gasteiger partial charge in [-0.15, -0.1) is 0 Å². The lowest BCUT2D eigenvalue weighted by atomic mass is 9.80. The summed E-state index contributed by atoms with van der Waals surface area (Å²) in [6.45, 7) is 0.571. The molecule has 0 amide bonds. The van der Waals surface area contributed by atoms with Crippen molar-refractivity contribution in [1.29, 1.82) is 0 Å². The van der Waals surface area contributed by atoms with E-state index in [4.69, 9.17) is 10.3 Å². The Morgan fingerprint density at radius 3 is 2.65 bits per heavy atom. The van der Waals surface area contributed by atoms with Crippen molar-refractivity contribution >= 4 is 0 Å². The normalized spacial score (nSPS) is 18.6. The standard InChI is InChI=1S/C15H20N4O/c16-11-15(7-3-1-2-4-8-15)14-18-13(19-20-14)12-6-5-9-17-10-12/h5-6,9-10H,1-4,7-8,11,16H2. The number of aromatic nitrogens is 3. The molecule has 1 aliphatic carbocycles. The molecule has 0 aliphatic heterocycles. The van der Waals surface area contributed by atoms with Gasteiger partial charge in [-0.3, -0.25) is 4.98 Å². The van der Waals surface area contributed by atoms with Crippen molar-refractivity contribution in [3.63, 3.8) is 0 Å². The number of rotatable bonds is 3. The summed E-state index contributed by atoms with van der Waals surface area (Å²) in [5, 5.41) is 4.10. The highest BCUT2D eigenvalue weighted by atomic mass is 16.5. The van der Waals surface area contributed by atoms with Gasteiger partial charge in [-0.25, -0.2) is 0 Å². The minimum atomic E-state index is -0.135. The van der Waals surface area contributed by atoms with E-state index in [-0.39, 0.29) is 5.41 Å². The van der Waals surface area contributed by atoms with E-state index in [9.17, 15) is 0 Å². The highest BCUT2D eigenvalue weighted by Gasteiger charge is 2.37. The van der Waals surface area contributed by atoms with Crippen molar-refractivity contribution < 1.29 is 4.52 Å². The molecule has 2 N–H and O–H groups in total. The van der Waals surface area contributed by atoms with Gasteiger partial charge in [0.05, 0.1) is 5.41 Å². The Bertz CT molecular complexity index is 544. The van der Waals surface area contributed by atoms with E-state index in [0.717, 1.165) is 18.4 Å². The lowest BCUT2D eigenvalue weighted by Gasteiger charge is -2.26. The van der Waals surface area contributed by atoms with Gasteiger partial charge in [0.2, 0.25) is 11.7 Å². The highest BCUT2D eigenvalue weighted by molar-refractivity contribution is 5.52. The topological polar surface area (TPSA) is 77.8 Å². The van der Waals surface area contributed by atoms with Gasteiger partial charge in [0, 0.05) is 24.5 Å².